The Kier molecular flexibility index (Phi) is 4.35. The highest BCUT2D eigenvalue weighted by Gasteiger charge is 2.02. The molecule has 0 bridgehead atoms. The second kappa shape index (κ2) is 5.77. The molecule has 82 valence electrons. The summed E-state index contributed by atoms with van der Waals surface area (Å²) in [6.45, 7) is 5.90. The summed E-state index contributed by atoms with van der Waals surface area (Å²) in [5, 5.41) is 8.73. The lowest BCUT2D eigenvalue weighted by molar-refractivity contribution is 0.548. The highest BCUT2D eigenvalue weighted by atomic mass is 16.3. The number of hydrogen-bond acceptors (Lipinski definition) is 2. The van der Waals surface area contributed by atoms with Gasteiger partial charge in [-0.25, -0.2) is 0 Å². The maximum absolute atomic E-state index is 8.73. The highest BCUT2D eigenvalue weighted by molar-refractivity contribution is 5.59. The van der Waals surface area contributed by atoms with Gasteiger partial charge >= 0.3 is 0 Å². The molecule has 0 unspecified atom stereocenters. The van der Waals surface area contributed by atoms with Gasteiger partial charge in [-0.3, -0.25) is 0 Å². The molecule has 2 nitrogen and oxygen atoms in total. The Labute approximate surface area is 96.1 Å². The van der Waals surface area contributed by atoms with Crippen LogP contribution in [0, 0.1) is 18.3 Å². The van der Waals surface area contributed by atoms with Crippen molar-refractivity contribution in [2.24, 2.45) is 0 Å². The number of aryl methyl sites for hydroxylation is 1. The summed E-state index contributed by atoms with van der Waals surface area (Å²) in [7, 11) is 0. The van der Waals surface area contributed by atoms with Crippen molar-refractivity contribution in [1.82, 2.24) is 0 Å². The van der Waals surface area contributed by atoms with E-state index >= 15 is 0 Å². The molecule has 0 fully saturated rings. The second-order valence-corrected chi connectivity index (χ2v) is 3.10. The minimum atomic E-state index is 0.650. The zero-order valence-corrected chi connectivity index (χ0v) is 9.82. The smallest absolute Gasteiger partial charge is 0.134 e. The van der Waals surface area contributed by atoms with E-state index in [0.29, 0.717) is 5.56 Å². The minimum Gasteiger partial charge on any atom is -0.461 e. The van der Waals surface area contributed by atoms with Crippen LogP contribution in [0.15, 0.2) is 40.8 Å². The van der Waals surface area contributed by atoms with Crippen LogP contribution in [0.4, 0.5) is 0 Å². The van der Waals surface area contributed by atoms with Crippen LogP contribution in [0.25, 0.3) is 11.3 Å². The first-order valence-corrected chi connectivity index (χ1v) is 5.36. The predicted molar refractivity (Wildman–Crippen MR) is 64.9 cm³/mol. The molecular weight excluding hydrogens is 198 g/mol. The number of nitrogens with zero attached hydrogens (tertiary/aromatic N) is 1. The van der Waals surface area contributed by atoms with Crippen LogP contribution in [0.3, 0.4) is 0 Å². The minimum absolute atomic E-state index is 0.650. The molecule has 0 aliphatic heterocycles. The molecule has 2 heteroatoms. The standard InChI is InChI=1S/C12H9NO.C2H6/c1-9-5-6-12(14-9)11-4-2-3-10(7-11)8-13;1-2/h2-7H,1H3;1-2H3. The van der Waals surface area contributed by atoms with E-state index in [9.17, 15) is 0 Å². The van der Waals surface area contributed by atoms with Crippen LogP contribution < -0.4 is 0 Å². The predicted octanol–water partition coefficient (Wildman–Crippen LogP) is 4.15. The zero-order chi connectivity index (χ0) is 12.0. The third-order valence-corrected chi connectivity index (χ3v) is 2.02. The fourth-order valence-corrected chi connectivity index (χ4v) is 1.33. The lowest BCUT2D eigenvalue weighted by Crippen LogP contribution is -1.76. The van der Waals surface area contributed by atoms with Gasteiger partial charge in [0.25, 0.3) is 0 Å². The summed E-state index contributed by atoms with van der Waals surface area (Å²) in [6, 6.07) is 13.3. The molecule has 0 saturated carbocycles. The Balaban J connectivity index is 0.000000606. The third kappa shape index (κ3) is 2.74. The van der Waals surface area contributed by atoms with Gasteiger partial charge in [0.1, 0.15) is 11.5 Å². The SMILES string of the molecule is CC.Cc1ccc(-c2cccc(C#N)c2)o1. The Bertz CT molecular complexity index is 491. The van der Waals surface area contributed by atoms with Gasteiger partial charge in [-0.1, -0.05) is 26.0 Å². The largest absolute Gasteiger partial charge is 0.461 e. The van der Waals surface area contributed by atoms with E-state index in [-0.39, 0.29) is 0 Å². The third-order valence-electron chi connectivity index (χ3n) is 2.02. The fraction of sp³-hybridized carbons (Fsp3) is 0.214. The monoisotopic (exact) mass is 213 g/mol. The molecule has 0 amide bonds. The van der Waals surface area contributed by atoms with Gasteiger partial charge in [0.15, 0.2) is 0 Å². The van der Waals surface area contributed by atoms with Crippen molar-refractivity contribution in [2.45, 2.75) is 20.8 Å². The fourth-order valence-electron chi connectivity index (χ4n) is 1.33. The number of furan rings is 1. The molecule has 0 aliphatic carbocycles. The first-order valence-electron chi connectivity index (χ1n) is 5.36. The van der Waals surface area contributed by atoms with Crippen LogP contribution in [-0.4, -0.2) is 0 Å². The van der Waals surface area contributed by atoms with Crippen molar-refractivity contribution in [2.75, 3.05) is 0 Å². The number of benzene rings is 1. The normalized spacial score (nSPS) is 8.88. The summed E-state index contributed by atoms with van der Waals surface area (Å²) in [5.41, 5.74) is 1.59. The number of nitriles is 1. The molecule has 0 radical (unpaired) electrons. The number of hydrogen-bond donors (Lipinski definition) is 0. The summed E-state index contributed by atoms with van der Waals surface area (Å²) in [4.78, 5) is 0. The summed E-state index contributed by atoms with van der Waals surface area (Å²) in [5.74, 6) is 1.68. The molecule has 0 N–H and O–H groups in total. The maximum atomic E-state index is 8.73. The molecule has 16 heavy (non-hydrogen) atoms. The van der Waals surface area contributed by atoms with E-state index in [1.165, 1.54) is 0 Å². The molecule has 1 aromatic carbocycles. The van der Waals surface area contributed by atoms with Crippen LogP contribution in [0.2, 0.25) is 0 Å². The van der Waals surface area contributed by atoms with Crippen LogP contribution in [0.5, 0.6) is 0 Å². The van der Waals surface area contributed by atoms with Gasteiger partial charge in [0.05, 0.1) is 11.6 Å². The van der Waals surface area contributed by atoms with Gasteiger partial charge in [-0.05, 0) is 31.2 Å². The van der Waals surface area contributed by atoms with Gasteiger partial charge in [0.2, 0.25) is 0 Å². The van der Waals surface area contributed by atoms with Crippen molar-refractivity contribution in [3.8, 4) is 17.4 Å². The Morgan fingerprint density at radius 2 is 1.88 bits per heavy atom. The van der Waals surface area contributed by atoms with E-state index in [0.717, 1.165) is 17.1 Å². The first kappa shape index (κ1) is 12.1. The molecule has 2 aromatic rings. The zero-order valence-electron chi connectivity index (χ0n) is 9.82. The molecule has 0 atom stereocenters. The summed E-state index contributed by atoms with van der Waals surface area (Å²) < 4.78 is 5.46. The van der Waals surface area contributed by atoms with E-state index < -0.39 is 0 Å². The summed E-state index contributed by atoms with van der Waals surface area (Å²) in [6.07, 6.45) is 0. The molecule has 0 aliphatic rings. The van der Waals surface area contributed by atoms with E-state index in [2.05, 4.69) is 6.07 Å². The number of rotatable bonds is 1. The van der Waals surface area contributed by atoms with Crippen molar-refractivity contribution >= 4 is 0 Å². The second-order valence-electron chi connectivity index (χ2n) is 3.10. The van der Waals surface area contributed by atoms with Crippen molar-refractivity contribution in [1.29, 1.82) is 5.26 Å². The van der Waals surface area contributed by atoms with Crippen molar-refractivity contribution in [3.05, 3.63) is 47.7 Å². The topological polar surface area (TPSA) is 36.9 Å². The maximum Gasteiger partial charge on any atom is 0.134 e. The molecule has 0 spiro atoms. The van der Waals surface area contributed by atoms with Crippen LogP contribution in [0.1, 0.15) is 25.2 Å². The van der Waals surface area contributed by atoms with Gasteiger partial charge in [0, 0.05) is 5.56 Å². The molecule has 2 rings (SSSR count). The lowest BCUT2D eigenvalue weighted by Gasteiger charge is -1.96. The Hall–Kier alpha value is -2.01. The van der Waals surface area contributed by atoms with Crippen molar-refractivity contribution in [3.63, 3.8) is 0 Å². The molecule has 1 aromatic heterocycles. The van der Waals surface area contributed by atoms with Crippen molar-refractivity contribution < 1.29 is 4.42 Å². The molecule has 0 saturated heterocycles. The van der Waals surface area contributed by atoms with E-state index in [4.69, 9.17) is 9.68 Å². The van der Waals surface area contributed by atoms with Gasteiger partial charge < -0.3 is 4.42 Å². The van der Waals surface area contributed by atoms with Gasteiger partial charge in [-0.2, -0.15) is 5.26 Å². The van der Waals surface area contributed by atoms with Crippen LogP contribution >= 0.6 is 0 Å². The summed E-state index contributed by atoms with van der Waals surface area (Å²) >= 11 is 0. The first-order chi connectivity index (χ1) is 7.79. The van der Waals surface area contributed by atoms with Crippen LogP contribution in [-0.2, 0) is 0 Å². The average molecular weight is 213 g/mol. The quantitative estimate of drug-likeness (QED) is 0.713. The lowest BCUT2D eigenvalue weighted by atomic mass is 10.1. The van der Waals surface area contributed by atoms with E-state index in [1.807, 2.05) is 51.1 Å². The van der Waals surface area contributed by atoms with Gasteiger partial charge in [-0.15, -0.1) is 0 Å². The highest BCUT2D eigenvalue weighted by Crippen LogP contribution is 2.22. The Morgan fingerprint density at radius 1 is 1.12 bits per heavy atom. The Morgan fingerprint density at radius 3 is 2.44 bits per heavy atom. The van der Waals surface area contributed by atoms with E-state index in [1.54, 1.807) is 6.07 Å². The average Bonchev–Trinajstić information content (AvgIpc) is 2.79. The molecule has 1 heterocycles. The molecular formula is C14H15NO.